The second-order valence-corrected chi connectivity index (χ2v) is 8.81. The van der Waals surface area contributed by atoms with Crippen LogP contribution in [0.4, 0.5) is 0 Å². The zero-order valence-corrected chi connectivity index (χ0v) is 19.1. The van der Waals surface area contributed by atoms with Crippen LogP contribution in [0, 0.1) is 0 Å². The SMILES string of the molecule is CO[C@@H]1O[C@H](CO)[C@@H](O[C@@H]2O[C@H](CO)[C@@H](O[C@@H]3O[C@H](CO)[C@@H](O)[C@H](O)[C@H]3N)[C@H](O)[C@H]2N)[C@H](O)[C@H]1N. The van der Waals surface area contributed by atoms with Crippen LogP contribution in [0.15, 0.2) is 0 Å². The van der Waals surface area contributed by atoms with Gasteiger partial charge in [-0.15, -0.1) is 0 Å². The van der Waals surface area contributed by atoms with E-state index >= 15 is 0 Å². The van der Waals surface area contributed by atoms with Gasteiger partial charge in [0.15, 0.2) is 18.9 Å². The number of aliphatic hydroxyl groups excluding tert-OH is 7. The highest BCUT2D eigenvalue weighted by atomic mass is 16.7. The molecule has 0 aromatic heterocycles. The van der Waals surface area contributed by atoms with E-state index in [9.17, 15) is 35.7 Å². The lowest BCUT2D eigenvalue weighted by atomic mass is 9.94. The number of aliphatic hydroxyl groups is 7. The first-order valence-corrected chi connectivity index (χ1v) is 11.2. The molecule has 0 amide bonds. The third-order valence-corrected chi connectivity index (χ3v) is 6.54. The van der Waals surface area contributed by atoms with Crippen molar-refractivity contribution in [2.75, 3.05) is 26.9 Å². The van der Waals surface area contributed by atoms with Crippen molar-refractivity contribution in [2.45, 2.75) is 91.9 Å². The molecule has 0 spiro atoms. The number of rotatable bonds is 8. The van der Waals surface area contributed by atoms with Crippen LogP contribution in [0.2, 0.25) is 0 Å². The highest BCUT2D eigenvalue weighted by molar-refractivity contribution is 4.98. The predicted molar refractivity (Wildman–Crippen MR) is 112 cm³/mol. The minimum atomic E-state index is -1.53. The molecule has 0 aromatic rings. The Bertz CT molecular complexity index is 661. The Kier molecular flexibility index (Phi) is 10.1. The van der Waals surface area contributed by atoms with Crippen LogP contribution in [0.1, 0.15) is 0 Å². The standard InChI is InChI=1S/C19H37N3O13/c1-30-17-9(21)13(28)15(6(3-24)32-17)35-19-10(22)14(29)16(7(4-25)33-19)34-18-8(20)12(27)11(26)5(2-23)31-18/h5-19,23-29H,2-4,20-22H2,1H3/t5-,6-,7-,8-,9-,10-,11-,12-,13-,14-,15-,16-,17-,18+,19+/m1/s1. The summed E-state index contributed by atoms with van der Waals surface area (Å²) in [5.74, 6) is 0. The molecule has 0 saturated carbocycles. The van der Waals surface area contributed by atoms with Gasteiger partial charge >= 0.3 is 0 Å². The van der Waals surface area contributed by atoms with Gasteiger partial charge in [-0.25, -0.2) is 0 Å². The normalized spacial score (nSPS) is 51.3. The van der Waals surface area contributed by atoms with E-state index in [0.717, 1.165) is 0 Å². The molecular formula is C19H37N3O13. The topological polar surface area (TPSA) is 275 Å². The quantitative estimate of drug-likeness (QED) is 0.144. The maximum atomic E-state index is 10.9. The summed E-state index contributed by atoms with van der Waals surface area (Å²) in [5, 5.41) is 70.4. The maximum absolute atomic E-state index is 10.9. The zero-order chi connectivity index (χ0) is 26.0. The van der Waals surface area contributed by atoms with Gasteiger partial charge in [0.05, 0.1) is 37.9 Å². The van der Waals surface area contributed by atoms with Gasteiger partial charge in [-0.1, -0.05) is 0 Å². The Labute approximate surface area is 201 Å². The fourth-order valence-electron chi connectivity index (χ4n) is 4.38. The molecule has 3 aliphatic heterocycles. The number of nitrogens with two attached hydrogens (primary N) is 3. The van der Waals surface area contributed by atoms with Gasteiger partial charge in [-0.3, -0.25) is 0 Å². The lowest BCUT2D eigenvalue weighted by Crippen LogP contribution is -2.69. The Balaban J connectivity index is 1.72. The summed E-state index contributed by atoms with van der Waals surface area (Å²) in [4.78, 5) is 0. The molecule has 16 heteroatoms. The van der Waals surface area contributed by atoms with Crippen LogP contribution in [0.5, 0.6) is 0 Å². The molecule has 35 heavy (non-hydrogen) atoms. The Hall–Kier alpha value is -0.640. The fraction of sp³-hybridized carbons (Fsp3) is 1.00. The first kappa shape index (κ1) is 28.9. The number of methoxy groups -OCH3 is 1. The Morgan fingerprint density at radius 1 is 0.571 bits per heavy atom. The van der Waals surface area contributed by atoms with Crippen molar-refractivity contribution in [3.63, 3.8) is 0 Å². The summed E-state index contributed by atoms with van der Waals surface area (Å²) >= 11 is 0. The van der Waals surface area contributed by atoms with Crippen LogP contribution >= 0.6 is 0 Å². The van der Waals surface area contributed by atoms with E-state index in [2.05, 4.69) is 0 Å². The van der Waals surface area contributed by atoms with Gasteiger partial charge in [0.25, 0.3) is 0 Å². The second-order valence-electron chi connectivity index (χ2n) is 8.81. The first-order chi connectivity index (χ1) is 16.6. The molecule has 3 heterocycles. The van der Waals surface area contributed by atoms with E-state index in [1.807, 2.05) is 0 Å². The summed E-state index contributed by atoms with van der Waals surface area (Å²) in [5.41, 5.74) is 17.9. The zero-order valence-electron chi connectivity index (χ0n) is 19.1. The van der Waals surface area contributed by atoms with Crippen LogP contribution in [0.3, 0.4) is 0 Å². The first-order valence-electron chi connectivity index (χ1n) is 11.2. The highest BCUT2D eigenvalue weighted by Crippen LogP contribution is 2.31. The second kappa shape index (κ2) is 12.3. The van der Waals surface area contributed by atoms with Crippen molar-refractivity contribution in [3.05, 3.63) is 0 Å². The average molecular weight is 516 g/mol. The molecule has 0 aromatic carbocycles. The molecule has 0 unspecified atom stereocenters. The van der Waals surface area contributed by atoms with Crippen molar-refractivity contribution in [1.29, 1.82) is 0 Å². The van der Waals surface area contributed by atoms with Crippen LogP contribution in [-0.4, -0.2) is 155 Å². The van der Waals surface area contributed by atoms with Crippen molar-refractivity contribution >= 4 is 0 Å². The van der Waals surface area contributed by atoms with E-state index in [-0.39, 0.29) is 0 Å². The Morgan fingerprint density at radius 3 is 1.37 bits per heavy atom. The molecule has 3 aliphatic rings. The maximum Gasteiger partial charge on any atom is 0.176 e. The van der Waals surface area contributed by atoms with Crippen LogP contribution in [0.25, 0.3) is 0 Å². The van der Waals surface area contributed by atoms with Crippen molar-refractivity contribution in [2.24, 2.45) is 17.2 Å². The third-order valence-electron chi connectivity index (χ3n) is 6.54. The van der Waals surface area contributed by atoms with E-state index in [1.165, 1.54) is 7.11 Å². The molecule has 0 radical (unpaired) electrons. The van der Waals surface area contributed by atoms with Crippen molar-refractivity contribution in [3.8, 4) is 0 Å². The third kappa shape index (κ3) is 5.78. The monoisotopic (exact) mass is 515 g/mol. The molecule has 15 atom stereocenters. The lowest BCUT2D eigenvalue weighted by molar-refractivity contribution is -0.349. The molecule has 16 nitrogen and oxygen atoms in total. The summed E-state index contributed by atoms with van der Waals surface area (Å²) in [6, 6.07) is -3.59. The Morgan fingerprint density at radius 2 is 0.943 bits per heavy atom. The number of ether oxygens (including phenoxy) is 6. The summed E-state index contributed by atoms with van der Waals surface area (Å²) in [6.45, 7) is -1.88. The summed E-state index contributed by atoms with van der Waals surface area (Å²) in [7, 11) is 1.32. The van der Waals surface area contributed by atoms with E-state index in [4.69, 9.17) is 45.6 Å². The van der Waals surface area contributed by atoms with Crippen LogP contribution < -0.4 is 17.2 Å². The molecule has 0 aliphatic carbocycles. The van der Waals surface area contributed by atoms with Gasteiger partial charge < -0.3 is 81.4 Å². The molecule has 3 fully saturated rings. The van der Waals surface area contributed by atoms with Gasteiger partial charge in [0, 0.05) is 7.11 Å². The molecular weight excluding hydrogens is 478 g/mol. The van der Waals surface area contributed by atoms with Crippen molar-refractivity contribution in [1.82, 2.24) is 0 Å². The van der Waals surface area contributed by atoms with Gasteiger partial charge in [0.2, 0.25) is 0 Å². The van der Waals surface area contributed by atoms with E-state index < -0.39 is 112 Å². The fourth-order valence-corrected chi connectivity index (χ4v) is 4.38. The predicted octanol–water partition coefficient (Wildman–Crippen LogP) is -7.02. The molecule has 13 N–H and O–H groups in total. The summed E-state index contributed by atoms with van der Waals surface area (Å²) < 4.78 is 33.1. The highest BCUT2D eigenvalue weighted by Gasteiger charge is 2.52. The van der Waals surface area contributed by atoms with E-state index in [0.29, 0.717) is 0 Å². The molecule has 3 saturated heterocycles. The smallest absolute Gasteiger partial charge is 0.176 e. The largest absolute Gasteiger partial charge is 0.394 e. The van der Waals surface area contributed by atoms with Gasteiger partial charge in [-0.05, 0) is 0 Å². The number of hydrogen-bond acceptors (Lipinski definition) is 16. The van der Waals surface area contributed by atoms with E-state index in [1.54, 1.807) is 0 Å². The number of hydrogen-bond donors (Lipinski definition) is 10. The van der Waals surface area contributed by atoms with Gasteiger partial charge in [-0.2, -0.15) is 0 Å². The van der Waals surface area contributed by atoms with Gasteiger partial charge in [0.1, 0.15) is 54.9 Å². The molecule has 3 rings (SSSR count). The van der Waals surface area contributed by atoms with Crippen LogP contribution in [-0.2, 0) is 28.4 Å². The lowest BCUT2D eigenvalue weighted by Gasteiger charge is -2.48. The minimum absolute atomic E-state index is 0.564. The minimum Gasteiger partial charge on any atom is -0.394 e. The summed E-state index contributed by atoms with van der Waals surface area (Å²) in [6.07, 6.45) is -15.7. The average Bonchev–Trinajstić information content (AvgIpc) is 2.86. The molecule has 206 valence electrons. The molecule has 0 bridgehead atoms. The van der Waals surface area contributed by atoms with Crippen molar-refractivity contribution < 1.29 is 64.2 Å².